The van der Waals surface area contributed by atoms with E-state index in [1.165, 1.54) is 18.4 Å². The topological polar surface area (TPSA) is 66.3 Å². The van der Waals surface area contributed by atoms with Crippen molar-refractivity contribution in [1.82, 2.24) is 9.97 Å². The summed E-state index contributed by atoms with van der Waals surface area (Å²) >= 11 is 0. The van der Waals surface area contributed by atoms with E-state index >= 15 is 0 Å². The van der Waals surface area contributed by atoms with E-state index < -0.39 is 11.5 Å². The molecule has 0 bridgehead atoms. The Bertz CT molecular complexity index is 546. The lowest BCUT2D eigenvalue weighted by Crippen LogP contribution is -2.51. The van der Waals surface area contributed by atoms with Gasteiger partial charge in [-0.05, 0) is 44.9 Å². The molecule has 2 aliphatic rings. The molecule has 114 valence electrons. The number of rotatable bonds is 3. The Morgan fingerprint density at radius 2 is 2.10 bits per heavy atom. The highest BCUT2D eigenvalue weighted by molar-refractivity contribution is 5.84. The van der Waals surface area contributed by atoms with Gasteiger partial charge in [0.1, 0.15) is 17.7 Å². The molecule has 1 saturated heterocycles. The van der Waals surface area contributed by atoms with Crippen molar-refractivity contribution in [2.24, 2.45) is 0 Å². The molecule has 1 aromatic rings. The molecule has 1 fully saturated rings. The third-order valence-electron chi connectivity index (χ3n) is 5.08. The minimum atomic E-state index is -0.783. The van der Waals surface area contributed by atoms with Gasteiger partial charge < -0.3 is 10.0 Å². The van der Waals surface area contributed by atoms with Gasteiger partial charge in [-0.3, -0.25) is 0 Å². The minimum absolute atomic E-state index is 0.612. The standard InChI is InChI=1S/C16H23N3O2/c1-2-16(15(20)21)9-6-10-19(16)14-12-7-4-3-5-8-13(12)17-11-18-14/h11H,2-10H2,1H3,(H,20,21). The maximum atomic E-state index is 11.9. The van der Waals surface area contributed by atoms with E-state index in [9.17, 15) is 9.90 Å². The lowest BCUT2D eigenvalue weighted by molar-refractivity contribution is -0.143. The molecule has 0 saturated carbocycles. The number of aromatic nitrogens is 2. The van der Waals surface area contributed by atoms with Gasteiger partial charge in [0.05, 0.1) is 0 Å². The monoisotopic (exact) mass is 289 g/mol. The zero-order valence-corrected chi connectivity index (χ0v) is 12.6. The number of hydrogen-bond acceptors (Lipinski definition) is 4. The van der Waals surface area contributed by atoms with Crippen LogP contribution in [-0.2, 0) is 17.6 Å². The van der Waals surface area contributed by atoms with Crippen LogP contribution in [0.15, 0.2) is 6.33 Å². The van der Waals surface area contributed by atoms with Gasteiger partial charge in [0.25, 0.3) is 0 Å². The second-order valence-corrected chi connectivity index (χ2v) is 6.13. The third kappa shape index (κ3) is 2.28. The lowest BCUT2D eigenvalue weighted by atomic mass is 9.92. The first-order valence-electron chi connectivity index (χ1n) is 8.03. The van der Waals surface area contributed by atoms with Crippen molar-refractivity contribution in [3.8, 4) is 0 Å². The molecule has 0 spiro atoms. The Morgan fingerprint density at radius 3 is 2.86 bits per heavy atom. The van der Waals surface area contributed by atoms with Crippen molar-refractivity contribution in [3.05, 3.63) is 17.6 Å². The third-order valence-corrected chi connectivity index (χ3v) is 5.08. The van der Waals surface area contributed by atoms with Crippen LogP contribution in [0.4, 0.5) is 5.82 Å². The SMILES string of the molecule is CCC1(C(=O)O)CCCN1c1ncnc2c1CCCCC2. The van der Waals surface area contributed by atoms with Crippen LogP contribution in [0.1, 0.15) is 56.7 Å². The first-order chi connectivity index (χ1) is 10.2. The zero-order chi connectivity index (χ0) is 14.9. The normalized spacial score (nSPS) is 25.5. The van der Waals surface area contributed by atoms with Crippen LogP contribution < -0.4 is 4.90 Å². The molecule has 0 aromatic carbocycles. The van der Waals surface area contributed by atoms with Gasteiger partial charge in [-0.2, -0.15) is 0 Å². The Hall–Kier alpha value is -1.65. The highest BCUT2D eigenvalue weighted by Crippen LogP contribution is 2.39. The summed E-state index contributed by atoms with van der Waals surface area (Å²) in [5.41, 5.74) is 1.53. The summed E-state index contributed by atoms with van der Waals surface area (Å²) < 4.78 is 0. The molecule has 5 nitrogen and oxygen atoms in total. The van der Waals surface area contributed by atoms with Gasteiger partial charge in [0.15, 0.2) is 0 Å². The quantitative estimate of drug-likeness (QED) is 0.866. The molecule has 21 heavy (non-hydrogen) atoms. The number of fused-ring (bicyclic) bond motifs is 1. The smallest absolute Gasteiger partial charge is 0.329 e. The second kappa shape index (κ2) is 5.62. The van der Waals surface area contributed by atoms with E-state index in [1.807, 2.05) is 11.8 Å². The Balaban J connectivity index is 2.06. The van der Waals surface area contributed by atoms with E-state index in [0.29, 0.717) is 12.8 Å². The number of aryl methyl sites for hydroxylation is 1. The maximum Gasteiger partial charge on any atom is 0.329 e. The fourth-order valence-corrected chi connectivity index (χ4v) is 3.84. The van der Waals surface area contributed by atoms with Crippen molar-refractivity contribution in [2.45, 2.75) is 63.8 Å². The number of carboxylic acids is 1. The fraction of sp³-hybridized carbons (Fsp3) is 0.688. The maximum absolute atomic E-state index is 11.9. The molecular formula is C16H23N3O2. The summed E-state index contributed by atoms with van der Waals surface area (Å²) in [5, 5.41) is 9.77. The summed E-state index contributed by atoms with van der Waals surface area (Å²) in [6.45, 7) is 2.75. The lowest BCUT2D eigenvalue weighted by Gasteiger charge is -2.36. The predicted octanol–water partition coefficient (Wildman–Crippen LogP) is 2.58. The molecule has 2 heterocycles. The molecule has 1 aliphatic carbocycles. The summed E-state index contributed by atoms with van der Waals surface area (Å²) in [4.78, 5) is 22.9. The number of anilines is 1. The first-order valence-corrected chi connectivity index (χ1v) is 8.03. The highest BCUT2D eigenvalue weighted by Gasteiger charge is 2.47. The average molecular weight is 289 g/mol. The van der Waals surface area contributed by atoms with E-state index in [0.717, 1.165) is 43.7 Å². The highest BCUT2D eigenvalue weighted by atomic mass is 16.4. The number of nitrogens with zero attached hydrogens (tertiary/aromatic N) is 3. The molecule has 1 aliphatic heterocycles. The Labute approximate surface area is 125 Å². The number of aliphatic carboxylic acids is 1. The van der Waals surface area contributed by atoms with Gasteiger partial charge in [-0.25, -0.2) is 14.8 Å². The van der Waals surface area contributed by atoms with Gasteiger partial charge in [-0.15, -0.1) is 0 Å². The Kier molecular flexibility index (Phi) is 3.83. The van der Waals surface area contributed by atoms with E-state index in [2.05, 4.69) is 9.97 Å². The average Bonchev–Trinajstić information content (AvgIpc) is 2.78. The fourth-order valence-electron chi connectivity index (χ4n) is 3.84. The van der Waals surface area contributed by atoms with Gasteiger partial charge in [0, 0.05) is 17.8 Å². The van der Waals surface area contributed by atoms with Crippen molar-refractivity contribution in [3.63, 3.8) is 0 Å². The summed E-state index contributed by atoms with van der Waals surface area (Å²) in [6, 6.07) is 0. The van der Waals surface area contributed by atoms with Crippen LogP contribution in [0.25, 0.3) is 0 Å². The minimum Gasteiger partial charge on any atom is -0.479 e. The van der Waals surface area contributed by atoms with Crippen molar-refractivity contribution in [2.75, 3.05) is 11.4 Å². The van der Waals surface area contributed by atoms with E-state index in [4.69, 9.17) is 0 Å². The molecule has 1 atom stereocenters. The van der Waals surface area contributed by atoms with Crippen LogP contribution in [0.5, 0.6) is 0 Å². The van der Waals surface area contributed by atoms with Crippen LogP contribution >= 0.6 is 0 Å². The van der Waals surface area contributed by atoms with Gasteiger partial charge >= 0.3 is 5.97 Å². The zero-order valence-electron chi connectivity index (χ0n) is 12.6. The van der Waals surface area contributed by atoms with Crippen molar-refractivity contribution >= 4 is 11.8 Å². The summed E-state index contributed by atoms with van der Waals surface area (Å²) in [6.07, 6.45) is 9.34. The molecule has 1 unspecified atom stereocenters. The summed E-state index contributed by atoms with van der Waals surface area (Å²) in [5.74, 6) is 0.159. The molecule has 3 rings (SSSR count). The van der Waals surface area contributed by atoms with Gasteiger partial charge in [0.2, 0.25) is 0 Å². The van der Waals surface area contributed by atoms with Gasteiger partial charge in [-0.1, -0.05) is 13.3 Å². The molecule has 1 aromatic heterocycles. The first kappa shape index (κ1) is 14.3. The Morgan fingerprint density at radius 1 is 1.29 bits per heavy atom. The van der Waals surface area contributed by atoms with E-state index in [-0.39, 0.29) is 0 Å². The predicted molar refractivity (Wildman–Crippen MR) is 80.5 cm³/mol. The summed E-state index contributed by atoms with van der Waals surface area (Å²) in [7, 11) is 0. The second-order valence-electron chi connectivity index (χ2n) is 6.13. The number of carboxylic acid groups (broad SMARTS) is 1. The van der Waals surface area contributed by atoms with Crippen LogP contribution in [0, 0.1) is 0 Å². The van der Waals surface area contributed by atoms with Crippen molar-refractivity contribution < 1.29 is 9.90 Å². The van der Waals surface area contributed by atoms with Crippen LogP contribution in [0.3, 0.4) is 0 Å². The molecule has 0 radical (unpaired) electrons. The number of carbonyl (C=O) groups is 1. The molecular weight excluding hydrogens is 266 g/mol. The van der Waals surface area contributed by atoms with Crippen LogP contribution in [0.2, 0.25) is 0 Å². The number of hydrogen-bond donors (Lipinski definition) is 1. The van der Waals surface area contributed by atoms with Crippen molar-refractivity contribution in [1.29, 1.82) is 0 Å². The van der Waals surface area contributed by atoms with Crippen LogP contribution in [-0.4, -0.2) is 33.1 Å². The van der Waals surface area contributed by atoms with E-state index in [1.54, 1.807) is 6.33 Å². The molecule has 0 amide bonds. The largest absolute Gasteiger partial charge is 0.479 e. The molecule has 1 N–H and O–H groups in total. The molecule has 5 heteroatoms.